The maximum Gasteiger partial charge on any atom is 0.261 e. The Labute approximate surface area is 829 Å². The lowest BCUT2D eigenvalue weighted by Gasteiger charge is -2.41. The maximum atomic E-state index is 13.8. The average molecular weight is 1920 g/mol. The number of aryl methyl sites for hydroxylation is 1. The van der Waals surface area contributed by atoms with Crippen molar-refractivity contribution in [3.63, 3.8) is 0 Å². The first-order chi connectivity index (χ1) is 67.5. The molecule has 0 bridgehead atoms. The number of methoxy groups -OCH3 is 1. The van der Waals surface area contributed by atoms with Crippen molar-refractivity contribution in [2.24, 2.45) is 55.9 Å². The monoisotopic (exact) mass is 1920 g/mol. The number of nitriles is 3. The fourth-order valence-corrected chi connectivity index (χ4v) is 22.0. The summed E-state index contributed by atoms with van der Waals surface area (Å²) < 4.78 is 9.47. The van der Waals surface area contributed by atoms with E-state index in [9.17, 15) is 39.8 Å². The minimum Gasteiger partial charge on any atom is -0.497 e. The number of imidazole rings is 1. The first kappa shape index (κ1) is 97.4. The molecule has 2 aliphatic carbocycles. The standard InChI is InChI=1S/C32H38N6O3.C28H25N5OS.C26H31N5O.C25H22N6OS/c1-22(39)37-15-11-24(12-16-37)21-38-30(40)32(2,36-31(38)33)27-6-4-5-25(17-27)29-18-28(41-3)8-7-26(29)20-35-19-23-9-13-34-14-10-23;1-3-33-25(34)24(19-7-9-22(10-8-19)28(17-30)11-12-28)27(2,32-26(33)31)23-14-21(16-35-23)20-6-4-5-18(13-20)15-29;1-25(2,3)18-10-8-17(9-11-18)22-23(32)30(5)24(27)29-26(22,4)19-12-13-21-28-14-20(16-6-7-16)31(21)15-19;1-25(21-11-19(14-33-21)16-6-4-5-15(9-16)12-26)22(23(32)31(3)24(27)28-25)17-7-8-20-18(10-17)13-30(2)29-20/h4-10,13-14,17-18,24,35H,11-12,15-16,19-21H2,1-3H3,(H2,33,36);4-10,13-14,16,24H,3,11-12H2,1-2H3,(H2,31,32);8-16,22H,6-7H2,1-5H3,(H2,27,29);4-11,13-14,22H,1-3H3,(H2,27,28)/t;24-,27-;22-,26+;22-,25+/m.100/s1. The predicted molar refractivity (Wildman–Crippen MR) is 552 cm³/mol. The molecule has 7 aliphatic rings. The van der Waals surface area contributed by atoms with Gasteiger partial charge in [0.05, 0.1) is 65.1 Å². The molecule has 3 fully saturated rings. The summed E-state index contributed by atoms with van der Waals surface area (Å²) in [5.41, 5.74) is 40.0. The van der Waals surface area contributed by atoms with Gasteiger partial charge < -0.3 is 42.3 Å². The molecule has 0 spiro atoms. The van der Waals surface area contributed by atoms with Crippen LogP contribution in [0.5, 0.6) is 5.75 Å². The van der Waals surface area contributed by atoms with Crippen LogP contribution in [0.25, 0.3) is 49.9 Å². The molecule has 9 N–H and O–H groups in total. The van der Waals surface area contributed by atoms with E-state index in [0.717, 1.165) is 142 Å². The number of hydrogen-bond donors (Lipinski definition) is 5. The summed E-state index contributed by atoms with van der Waals surface area (Å²) in [6, 6.07) is 70.1. The quantitative estimate of drug-likeness (QED) is 0.0473. The van der Waals surface area contributed by atoms with E-state index in [0.29, 0.717) is 49.8 Å². The van der Waals surface area contributed by atoms with Crippen molar-refractivity contribution < 1.29 is 28.7 Å². The Bertz CT molecular complexity index is 7280. The summed E-state index contributed by atoms with van der Waals surface area (Å²) in [4.78, 5) is 104. The Balaban J connectivity index is 0.000000130. The third kappa shape index (κ3) is 19.3. The van der Waals surface area contributed by atoms with Crippen molar-refractivity contribution in [2.45, 2.75) is 171 Å². The zero-order valence-corrected chi connectivity index (χ0v) is 83.2. The number of benzene rings is 7. The largest absolute Gasteiger partial charge is 0.497 e. The van der Waals surface area contributed by atoms with E-state index >= 15 is 0 Å². The summed E-state index contributed by atoms with van der Waals surface area (Å²) >= 11 is 3.08. The molecule has 1 saturated heterocycles. The lowest BCUT2D eigenvalue weighted by Crippen LogP contribution is -2.53. The molecule has 5 aliphatic heterocycles. The van der Waals surface area contributed by atoms with Crippen LogP contribution in [0.3, 0.4) is 0 Å². The summed E-state index contributed by atoms with van der Waals surface area (Å²) in [6.45, 7) is 21.6. The van der Waals surface area contributed by atoms with Gasteiger partial charge in [0.2, 0.25) is 23.6 Å². The minimum atomic E-state index is -1.11. The molecule has 0 radical (unpaired) electrons. The normalized spacial score (nSPS) is 21.6. The van der Waals surface area contributed by atoms with Gasteiger partial charge >= 0.3 is 0 Å². The van der Waals surface area contributed by atoms with Crippen molar-refractivity contribution in [3.05, 3.63) is 313 Å². The number of piperidine rings is 1. The van der Waals surface area contributed by atoms with E-state index < -0.39 is 39.9 Å². The number of likely N-dealkylation sites (N-methyl/N-ethyl adjacent to an activating group) is 3. The predicted octanol–water partition coefficient (Wildman–Crippen LogP) is 16.9. The number of thiophene rings is 2. The third-order valence-electron chi connectivity index (χ3n) is 28.7. The zero-order chi connectivity index (χ0) is 99.9. The number of nitrogens with zero attached hydrogens (tertiary/aromatic N) is 17. The van der Waals surface area contributed by atoms with Gasteiger partial charge in [-0.1, -0.05) is 130 Å². The molecule has 5 amide bonds. The SMILES string of the molecule is CCN1C(=O)[C@@H](c2ccc(C3(C#N)CC3)cc2)[C@@](C)(c2cc(-c3cccc(C#N)c3)cs2)N=C1N.CN1C(=O)[C@H](c2ccc(C(C)(C)C)cc2)[C@@](C)(c2ccc3ncc(C4CC4)n3c2)N=C1N.CN1C(=O)[C@H](c2ccc3nn(C)cc3c2)[C@@](C)(c2cc(-c3cccc(C#N)c3)cs2)N=C1N.COc1ccc(CNCc2ccncc2)c(-c2cccc(C3(C)N=C(N)N(CC4CCN(C(C)=O)CC4)C3=O)c2)c1. The molecule has 7 aromatic carbocycles. The molecule has 6 aromatic heterocycles. The Morgan fingerprint density at radius 2 is 1.13 bits per heavy atom. The van der Waals surface area contributed by atoms with Crippen molar-refractivity contribution in [1.82, 2.24) is 54.0 Å². The topological polar surface area (TPSA) is 396 Å². The summed E-state index contributed by atoms with van der Waals surface area (Å²) in [5, 5.41) is 41.1. The number of likely N-dealkylation sites (tertiary alicyclic amines) is 1. The van der Waals surface area contributed by atoms with Gasteiger partial charge in [-0.2, -0.15) is 20.9 Å². The van der Waals surface area contributed by atoms with E-state index in [4.69, 9.17) is 47.6 Å². The van der Waals surface area contributed by atoms with Crippen LogP contribution in [0.2, 0.25) is 0 Å². The number of amides is 5. The maximum absolute atomic E-state index is 13.8. The van der Waals surface area contributed by atoms with Gasteiger partial charge in [0.25, 0.3) is 5.91 Å². The number of carbonyl (C=O) groups excluding carboxylic acids is 5. The van der Waals surface area contributed by atoms with Crippen LogP contribution in [0, 0.1) is 39.9 Å². The smallest absolute Gasteiger partial charge is 0.261 e. The third-order valence-corrected chi connectivity index (χ3v) is 31.0. The van der Waals surface area contributed by atoms with Gasteiger partial charge in [-0.25, -0.2) is 25.0 Å². The highest BCUT2D eigenvalue weighted by molar-refractivity contribution is 7.11. The molecule has 2 saturated carbocycles. The Kier molecular flexibility index (Phi) is 27.1. The second kappa shape index (κ2) is 39.2. The van der Waals surface area contributed by atoms with E-state index in [1.807, 2.05) is 221 Å². The number of pyridine rings is 2. The number of aliphatic imine (C=N–C) groups is 4. The van der Waals surface area contributed by atoms with E-state index in [-0.39, 0.29) is 70.1 Å². The van der Waals surface area contributed by atoms with Crippen LogP contribution < -0.4 is 33.0 Å². The number of aromatic nitrogens is 5. The van der Waals surface area contributed by atoms with Gasteiger partial charge in [0.15, 0.2) is 29.4 Å². The fraction of sp³-hybridized carbons (Fsp3) is 0.324. The Morgan fingerprint density at radius 1 is 0.567 bits per heavy atom. The van der Waals surface area contributed by atoms with Crippen molar-refractivity contribution in [3.8, 4) is 57.3 Å². The molecular formula is C111H116N22O6S2. The van der Waals surface area contributed by atoms with Crippen molar-refractivity contribution in [2.75, 3.05) is 47.4 Å². The molecule has 20 rings (SSSR count). The molecule has 718 valence electrons. The van der Waals surface area contributed by atoms with E-state index in [1.165, 1.54) is 50.1 Å². The second-order valence-electron chi connectivity index (χ2n) is 39.2. The number of hydrogen-bond acceptors (Lipinski definition) is 23. The highest BCUT2D eigenvalue weighted by Crippen LogP contribution is 2.53. The van der Waals surface area contributed by atoms with E-state index in [1.54, 1.807) is 73.6 Å². The Hall–Kier alpha value is -15.3. The molecule has 13 aromatic rings. The molecular weight excluding hydrogens is 1800 g/mol. The number of ether oxygens (including phenoxy) is 1. The van der Waals surface area contributed by atoms with Crippen LogP contribution in [0.1, 0.15) is 201 Å². The van der Waals surface area contributed by atoms with Crippen LogP contribution in [-0.4, -0.2) is 149 Å². The number of fused-ring (bicyclic) bond motifs is 2. The van der Waals surface area contributed by atoms with Crippen LogP contribution in [0.15, 0.2) is 256 Å². The average Bonchev–Trinajstić information content (AvgIpc) is 1.72. The first-order valence-electron chi connectivity index (χ1n) is 47.5. The number of nitrogens with one attached hydrogen (secondary N) is 1. The summed E-state index contributed by atoms with van der Waals surface area (Å²) in [5.74, 6) is 0.681. The first-order valence-corrected chi connectivity index (χ1v) is 49.2. The van der Waals surface area contributed by atoms with Gasteiger partial charge in [-0.15, -0.1) is 22.7 Å². The van der Waals surface area contributed by atoms with Gasteiger partial charge in [-0.05, 0) is 264 Å². The van der Waals surface area contributed by atoms with Crippen LogP contribution in [0.4, 0.5) is 0 Å². The summed E-state index contributed by atoms with van der Waals surface area (Å²) in [7, 11) is 6.89. The van der Waals surface area contributed by atoms with Gasteiger partial charge in [0, 0.05) is 125 Å². The van der Waals surface area contributed by atoms with E-state index in [2.05, 4.69) is 100 Å². The molecule has 1 unspecified atom stereocenters. The molecule has 30 heteroatoms. The molecule has 141 heavy (non-hydrogen) atoms. The highest BCUT2D eigenvalue weighted by atomic mass is 32.1. The number of nitrogens with two attached hydrogens (primary N) is 4. The second-order valence-corrected chi connectivity index (χ2v) is 41.0. The minimum absolute atomic E-state index is 0.0448. The van der Waals surface area contributed by atoms with Crippen LogP contribution >= 0.6 is 22.7 Å². The number of rotatable bonds is 20. The van der Waals surface area contributed by atoms with Crippen LogP contribution in [-0.2, 0) is 77.1 Å². The number of guanidine groups is 4. The van der Waals surface area contributed by atoms with Gasteiger partial charge in [-0.3, -0.25) is 53.2 Å². The van der Waals surface area contributed by atoms with Crippen molar-refractivity contribution >= 4 is 92.6 Å². The molecule has 28 nitrogen and oxygen atoms in total. The van der Waals surface area contributed by atoms with Crippen molar-refractivity contribution in [1.29, 1.82) is 15.8 Å². The summed E-state index contributed by atoms with van der Waals surface area (Å²) in [6.07, 6.45) is 15.4. The Morgan fingerprint density at radius 3 is 1.70 bits per heavy atom. The molecule has 7 atom stereocenters. The lowest BCUT2D eigenvalue weighted by molar-refractivity contribution is -0.133. The lowest BCUT2D eigenvalue weighted by atomic mass is 9.74. The molecule has 11 heterocycles. The van der Waals surface area contributed by atoms with Gasteiger partial charge in [0.1, 0.15) is 28.0 Å². The number of carbonyl (C=O) groups is 5. The fourth-order valence-electron chi connectivity index (χ4n) is 19.9. The highest BCUT2D eigenvalue weighted by Gasteiger charge is 2.53. The zero-order valence-electron chi connectivity index (χ0n) is 81.6.